The highest BCUT2D eigenvalue weighted by atomic mass is 16.3. The van der Waals surface area contributed by atoms with Crippen molar-refractivity contribution in [3.05, 3.63) is 59.7 Å². The van der Waals surface area contributed by atoms with Crippen molar-refractivity contribution in [2.75, 3.05) is 4.90 Å². The Balaban J connectivity index is 1.96. The van der Waals surface area contributed by atoms with Crippen molar-refractivity contribution in [2.24, 2.45) is 0 Å². The third-order valence-electron chi connectivity index (χ3n) is 4.47. The van der Waals surface area contributed by atoms with Crippen molar-refractivity contribution in [2.45, 2.75) is 45.3 Å². The van der Waals surface area contributed by atoms with Gasteiger partial charge < -0.3 is 10.0 Å². The van der Waals surface area contributed by atoms with Gasteiger partial charge in [-0.15, -0.1) is 0 Å². The molecule has 21 heavy (non-hydrogen) atoms. The van der Waals surface area contributed by atoms with Crippen molar-refractivity contribution < 1.29 is 5.11 Å². The monoisotopic (exact) mass is 281 g/mol. The molecular weight excluding hydrogens is 258 g/mol. The van der Waals surface area contributed by atoms with E-state index in [1.54, 1.807) is 0 Å². The highest BCUT2D eigenvalue weighted by molar-refractivity contribution is 5.68. The summed E-state index contributed by atoms with van der Waals surface area (Å²) in [6, 6.07) is 17.5. The Hall–Kier alpha value is -1.80. The fourth-order valence-electron chi connectivity index (χ4n) is 3.17. The summed E-state index contributed by atoms with van der Waals surface area (Å²) in [5.74, 6) is 0. The molecule has 0 bridgehead atoms. The number of hydrogen-bond donors (Lipinski definition) is 1. The zero-order valence-electron chi connectivity index (χ0n) is 12.8. The molecule has 0 saturated carbocycles. The van der Waals surface area contributed by atoms with E-state index in [2.05, 4.69) is 48.2 Å². The molecule has 2 heteroatoms. The zero-order valence-corrected chi connectivity index (χ0v) is 12.8. The van der Waals surface area contributed by atoms with Crippen LogP contribution < -0.4 is 4.90 Å². The minimum Gasteiger partial charge on any atom is -0.388 e. The first-order valence-electron chi connectivity index (χ1n) is 7.86. The average molecular weight is 281 g/mol. The van der Waals surface area contributed by atoms with Crippen molar-refractivity contribution >= 4 is 11.4 Å². The number of aryl methyl sites for hydroxylation is 1. The number of nitrogens with zero attached hydrogens (tertiary/aromatic N) is 1. The van der Waals surface area contributed by atoms with E-state index in [-0.39, 0.29) is 6.10 Å². The Bertz CT molecular complexity index is 605. The van der Waals surface area contributed by atoms with E-state index < -0.39 is 0 Å². The first-order chi connectivity index (χ1) is 10.2. The van der Waals surface area contributed by atoms with Gasteiger partial charge in [-0.05, 0) is 55.5 Å². The Morgan fingerprint density at radius 3 is 2.57 bits per heavy atom. The van der Waals surface area contributed by atoms with Gasteiger partial charge >= 0.3 is 0 Å². The van der Waals surface area contributed by atoms with Crippen LogP contribution in [0.2, 0.25) is 0 Å². The molecule has 2 aromatic rings. The predicted molar refractivity (Wildman–Crippen MR) is 88.1 cm³/mol. The van der Waals surface area contributed by atoms with Gasteiger partial charge in [-0.1, -0.05) is 37.3 Å². The van der Waals surface area contributed by atoms with Crippen LogP contribution in [-0.2, 0) is 6.42 Å². The van der Waals surface area contributed by atoms with Crippen molar-refractivity contribution in [1.29, 1.82) is 0 Å². The van der Waals surface area contributed by atoms with Gasteiger partial charge in [0.2, 0.25) is 0 Å². The minimum atomic E-state index is -0.356. The summed E-state index contributed by atoms with van der Waals surface area (Å²) in [6.07, 6.45) is 2.73. The van der Waals surface area contributed by atoms with Crippen LogP contribution in [0.15, 0.2) is 48.5 Å². The maximum Gasteiger partial charge on any atom is 0.0787 e. The van der Waals surface area contributed by atoms with Crippen molar-refractivity contribution in [1.82, 2.24) is 0 Å². The lowest BCUT2D eigenvalue weighted by Crippen LogP contribution is -2.33. The van der Waals surface area contributed by atoms with Crippen LogP contribution in [0.4, 0.5) is 11.4 Å². The second kappa shape index (κ2) is 5.90. The summed E-state index contributed by atoms with van der Waals surface area (Å²) in [6.45, 7) is 4.28. The van der Waals surface area contributed by atoms with Crippen LogP contribution in [0.25, 0.3) is 0 Å². The largest absolute Gasteiger partial charge is 0.388 e. The van der Waals surface area contributed by atoms with Gasteiger partial charge in [0.05, 0.1) is 6.10 Å². The lowest BCUT2D eigenvalue weighted by Gasteiger charge is -2.37. The van der Waals surface area contributed by atoms with Crippen LogP contribution in [0.5, 0.6) is 0 Å². The lowest BCUT2D eigenvalue weighted by atomic mass is 9.95. The normalized spacial score (nSPS) is 19.2. The fraction of sp³-hybridized carbons (Fsp3) is 0.368. The third kappa shape index (κ3) is 2.68. The van der Waals surface area contributed by atoms with Gasteiger partial charge in [0.25, 0.3) is 0 Å². The van der Waals surface area contributed by atoms with Crippen molar-refractivity contribution in [3.8, 4) is 0 Å². The number of anilines is 2. The van der Waals surface area contributed by atoms with E-state index in [9.17, 15) is 5.11 Å². The molecule has 0 fully saturated rings. The molecule has 2 atom stereocenters. The van der Waals surface area contributed by atoms with Gasteiger partial charge in [-0.25, -0.2) is 0 Å². The molecule has 1 unspecified atom stereocenters. The Kier molecular flexibility index (Phi) is 3.98. The van der Waals surface area contributed by atoms with E-state index in [1.165, 1.54) is 23.4 Å². The maximum absolute atomic E-state index is 9.93. The number of aliphatic hydroxyl groups is 1. The summed E-state index contributed by atoms with van der Waals surface area (Å²) >= 11 is 0. The van der Waals surface area contributed by atoms with E-state index in [0.29, 0.717) is 6.04 Å². The quantitative estimate of drug-likeness (QED) is 0.888. The average Bonchev–Trinajstić information content (AvgIpc) is 2.54. The highest BCUT2D eigenvalue weighted by Crippen LogP contribution is 2.37. The summed E-state index contributed by atoms with van der Waals surface area (Å²) in [5.41, 5.74) is 4.95. The molecular formula is C19H23NO. The predicted octanol–water partition coefficient (Wildman–Crippen LogP) is 4.60. The number of rotatable bonds is 3. The number of para-hydroxylation sites is 1. The smallest absolute Gasteiger partial charge is 0.0787 e. The molecule has 0 amide bonds. The Morgan fingerprint density at radius 1 is 1.14 bits per heavy atom. The molecule has 3 rings (SSSR count). The molecule has 2 nitrogen and oxygen atoms in total. The zero-order chi connectivity index (χ0) is 14.8. The molecule has 2 aromatic carbocycles. The van der Waals surface area contributed by atoms with Gasteiger partial charge in [0.1, 0.15) is 0 Å². The van der Waals surface area contributed by atoms with E-state index in [0.717, 1.165) is 18.4 Å². The molecule has 0 radical (unpaired) electrons. The molecule has 1 aliphatic rings. The number of benzene rings is 2. The van der Waals surface area contributed by atoms with Gasteiger partial charge in [-0.2, -0.15) is 0 Å². The maximum atomic E-state index is 9.93. The van der Waals surface area contributed by atoms with Gasteiger partial charge in [-0.3, -0.25) is 0 Å². The minimum absolute atomic E-state index is 0.356. The second-order valence-electron chi connectivity index (χ2n) is 5.90. The van der Waals surface area contributed by atoms with Crippen LogP contribution >= 0.6 is 0 Å². The highest BCUT2D eigenvalue weighted by Gasteiger charge is 2.23. The molecule has 0 spiro atoms. The summed E-state index contributed by atoms with van der Waals surface area (Å²) in [7, 11) is 0. The molecule has 110 valence electrons. The first kappa shape index (κ1) is 14.2. The fourth-order valence-corrected chi connectivity index (χ4v) is 3.17. The standard InChI is InChI=1S/C19H23NO/c1-3-19(21)16-10-12-17(13-11-16)20-14(2)8-9-15-6-4-5-7-18(15)20/h4-7,10-14,19,21H,3,8-9H2,1-2H3/t14?,19-/m0/s1. The molecule has 1 N–H and O–H groups in total. The summed E-state index contributed by atoms with van der Waals surface area (Å²) in [4.78, 5) is 2.42. The van der Waals surface area contributed by atoms with E-state index >= 15 is 0 Å². The van der Waals surface area contributed by atoms with Crippen LogP contribution in [0, 0.1) is 0 Å². The van der Waals surface area contributed by atoms with Crippen LogP contribution in [0.3, 0.4) is 0 Å². The summed E-state index contributed by atoms with van der Waals surface area (Å²) in [5, 5.41) is 9.93. The molecule has 0 aliphatic carbocycles. The van der Waals surface area contributed by atoms with E-state index in [1.807, 2.05) is 19.1 Å². The van der Waals surface area contributed by atoms with Gasteiger partial charge in [0.15, 0.2) is 0 Å². The lowest BCUT2D eigenvalue weighted by molar-refractivity contribution is 0.173. The first-order valence-corrected chi connectivity index (χ1v) is 7.86. The third-order valence-corrected chi connectivity index (χ3v) is 4.47. The SMILES string of the molecule is CC[C@H](O)c1ccc(N2c3ccccc3CCC2C)cc1. The topological polar surface area (TPSA) is 23.5 Å². The second-order valence-corrected chi connectivity index (χ2v) is 5.90. The molecule has 0 aromatic heterocycles. The number of aliphatic hydroxyl groups excluding tert-OH is 1. The van der Waals surface area contributed by atoms with Crippen LogP contribution in [-0.4, -0.2) is 11.1 Å². The Labute approximate surface area is 127 Å². The summed E-state index contributed by atoms with van der Waals surface area (Å²) < 4.78 is 0. The Morgan fingerprint density at radius 2 is 1.86 bits per heavy atom. The van der Waals surface area contributed by atoms with Crippen LogP contribution in [0.1, 0.15) is 43.9 Å². The molecule has 1 aliphatic heterocycles. The van der Waals surface area contributed by atoms with Gasteiger partial charge in [0, 0.05) is 17.4 Å². The number of hydrogen-bond acceptors (Lipinski definition) is 2. The molecule has 1 heterocycles. The van der Waals surface area contributed by atoms with E-state index in [4.69, 9.17) is 0 Å². The molecule has 0 saturated heterocycles. The van der Waals surface area contributed by atoms with Crippen molar-refractivity contribution in [3.63, 3.8) is 0 Å². The number of fused-ring (bicyclic) bond motifs is 1.